The van der Waals surface area contributed by atoms with Gasteiger partial charge in [0, 0.05) is 19.6 Å². The predicted octanol–water partition coefficient (Wildman–Crippen LogP) is 2.32. The molecule has 0 unspecified atom stereocenters. The van der Waals surface area contributed by atoms with Crippen LogP contribution < -0.4 is 0 Å². The molecule has 0 aliphatic rings. The van der Waals surface area contributed by atoms with E-state index in [4.69, 9.17) is 9.52 Å². The zero-order valence-electron chi connectivity index (χ0n) is 12.4. The molecule has 1 N–H and O–H groups in total. The van der Waals surface area contributed by atoms with Crippen molar-refractivity contribution >= 4 is 12.0 Å². The summed E-state index contributed by atoms with van der Waals surface area (Å²) in [7, 11) is 1.68. The smallest absolute Gasteiger partial charge is 0.320 e. The van der Waals surface area contributed by atoms with Crippen LogP contribution in [0.15, 0.2) is 16.5 Å². The van der Waals surface area contributed by atoms with E-state index in [0.29, 0.717) is 12.3 Å². The monoisotopic (exact) mass is 282 g/mol. The van der Waals surface area contributed by atoms with Crippen molar-refractivity contribution in [2.45, 2.75) is 39.8 Å². The molecular weight excluding hydrogens is 260 g/mol. The van der Waals surface area contributed by atoms with Gasteiger partial charge in [0.15, 0.2) is 0 Å². The van der Waals surface area contributed by atoms with Crippen molar-refractivity contribution in [3.05, 3.63) is 23.7 Å². The number of rotatable bonds is 6. The zero-order valence-corrected chi connectivity index (χ0v) is 12.4. The number of urea groups is 1. The van der Waals surface area contributed by atoms with Gasteiger partial charge < -0.3 is 19.3 Å². The fourth-order valence-corrected chi connectivity index (χ4v) is 1.88. The molecule has 0 saturated carbocycles. The summed E-state index contributed by atoms with van der Waals surface area (Å²) < 4.78 is 5.44. The molecule has 1 heterocycles. The molecule has 20 heavy (non-hydrogen) atoms. The number of carboxylic acids is 1. The number of aryl methyl sites for hydroxylation is 1. The first-order chi connectivity index (χ1) is 9.31. The second-order valence-corrected chi connectivity index (χ2v) is 5.08. The molecule has 112 valence electrons. The van der Waals surface area contributed by atoms with Gasteiger partial charge in [-0.2, -0.15) is 0 Å². The number of carboxylic acid groups (broad SMARTS) is 1. The Bertz CT molecular complexity index is 467. The van der Waals surface area contributed by atoms with Crippen LogP contribution in [0.4, 0.5) is 4.79 Å². The zero-order chi connectivity index (χ0) is 15.3. The molecule has 0 fully saturated rings. The van der Waals surface area contributed by atoms with Gasteiger partial charge >= 0.3 is 12.0 Å². The van der Waals surface area contributed by atoms with Crippen LogP contribution in [0, 0.1) is 6.92 Å². The Kier molecular flexibility index (Phi) is 5.61. The van der Waals surface area contributed by atoms with Crippen molar-refractivity contribution in [1.82, 2.24) is 9.80 Å². The van der Waals surface area contributed by atoms with Crippen molar-refractivity contribution in [2.24, 2.45) is 0 Å². The van der Waals surface area contributed by atoms with Crippen LogP contribution in [0.25, 0.3) is 0 Å². The van der Waals surface area contributed by atoms with Crippen LogP contribution in [0.1, 0.15) is 31.8 Å². The molecule has 2 amide bonds. The fourth-order valence-electron chi connectivity index (χ4n) is 1.88. The van der Waals surface area contributed by atoms with Crippen molar-refractivity contribution < 1.29 is 19.1 Å². The predicted molar refractivity (Wildman–Crippen MR) is 74.4 cm³/mol. The van der Waals surface area contributed by atoms with Gasteiger partial charge in [-0.25, -0.2) is 4.79 Å². The Balaban J connectivity index is 2.65. The van der Waals surface area contributed by atoms with Gasteiger partial charge in [-0.15, -0.1) is 0 Å². The van der Waals surface area contributed by atoms with E-state index in [2.05, 4.69) is 0 Å². The van der Waals surface area contributed by atoms with Gasteiger partial charge in [0.1, 0.15) is 11.5 Å². The molecule has 1 aromatic heterocycles. The summed E-state index contributed by atoms with van der Waals surface area (Å²) in [4.78, 5) is 26.0. The molecule has 0 saturated heterocycles. The second-order valence-electron chi connectivity index (χ2n) is 5.08. The molecule has 0 spiro atoms. The maximum absolute atomic E-state index is 12.3. The molecular formula is C14H22N2O4. The lowest BCUT2D eigenvalue weighted by Crippen LogP contribution is -2.45. The Hall–Kier alpha value is -1.98. The van der Waals surface area contributed by atoms with Gasteiger partial charge in [-0.3, -0.25) is 4.79 Å². The molecule has 0 bridgehead atoms. The third-order valence-electron chi connectivity index (χ3n) is 2.95. The van der Waals surface area contributed by atoms with Crippen LogP contribution >= 0.6 is 0 Å². The van der Waals surface area contributed by atoms with Crippen LogP contribution in [-0.4, -0.2) is 46.5 Å². The number of furan rings is 1. The lowest BCUT2D eigenvalue weighted by Gasteiger charge is -2.30. The van der Waals surface area contributed by atoms with E-state index in [1.807, 2.05) is 32.9 Å². The summed E-state index contributed by atoms with van der Waals surface area (Å²) in [5.41, 5.74) is 0. The molecule has 6 heteroatoms. The van der Waals surface area contributed by atoms with Gasteiger partial charge in [-0.1, -0.05) is 0 Å². The van der Waals surface area contributed by atoms with E-state index in [-0.39, 0.29) is 25.0 Å². The highest BCUT2D eigenvalue weighted by Gasteiger charge is 2.22. The van der Waals surface area contributed by atoms with Crippen LogP contribution in [-0.2, 0) is 11.3 Å². The third-order valence-corrected chi connectivity index (χ3v) is 2.95. The molecule has 1 aromatic rings. The van der Waals surface area contributed by atoms with Crippen molar-refractivity contribution in [3.8, 4) is 0 Å². The molecule has 0 radical (unpaired) electrons. The molecule has 0 aliphatic carbocycles. The summed E-state index contributed by atoms with van der Waals surface area (Å²) in [6.45, 7) is 6.14. The topological polar surface area (TPSA) is 74.0 Å². The van der Waals surface area contributed by atoms with Crippen LogP contribution in [0.5, 0.6) is 0 Å². The Labute approximate surface area is 119 Å². The highest BCUT2D eigenvalue weighted by molar-refractivity contribution is 5.75. The van der Waals surface area contributed by atoms with Crippen molar-refractivity contribution in [2.75, 3.05) is 13.6 Å². The van der Waals surface area contributed by atoms with Crippen molar-refractivity contribution in [1.29, 1.82) is 0 Å². The summed E-state index contributed by atoms with van der Waals surface area (Å²) in [6.07, 6.45) is -0.0579. The molecule has 6 nitrogen and oxygen atoms in total. The summed E-state index contributed by atoms with van der Waals surface area (Å²) in [5, 5.41) is 8.74. The van der Waals surface area contributed by atoms with E-state index >= 15 is 0 Å². The Morgan fingerprint density at radius 1 is 1.35 bits per heavy atom. The number of carbonyl (C=O) groups is 2. The minimum Gasteiger partial charge on any atom is -0.481 e. The number of amides is 2. The maximum Gasteiger partial charge on any atom is 0.320 e. The number of carbonyl (C=O) groups excluding carboxylic acids is 1. The van der Waals surface area contributed by atoms with E-state index in [0.717, 1.165) is 5.76 Å². The fraction of sp³-hybridized carbons (Fsp3) is 0.571. The molecule has 0 aliphatic heterocycles. The largest absolute Gasteiger partial charge is 0.481 e. The second kappa shape index (κ2) is 6.98. The first-order valence-electron chi connectivity index (χ1n) is 6.60. The summed E-state index contributed by atoms with van der Waals surface area (Å²) >= 11 is 0. The van der Waals surface area contributed by atoms with E-state index in [9.17, 15) is 9.59 Å². The van der Waals surface area contributed by atoms with E-state index in [1.54, 1.807) is 11.9 Å². The number of nitrogens with zero attached hydrogens (tertiary/aromatic N) is 2. The maximum atomic E-state index is 12.3. The van der Waals surface area contributed by atoms with Gasteiger partial charge in [0.05, 0.1) is 13.0 Å². The Morgan fingerprint density at radius 3 is 2.45 bits per heavy atom. The summed E-state index contributed by atoms with van der Waals surface area (Å²) in [6, 6.07) is 3.42. The first kappa shape index (κ1) is 16.1. The molecule has 0 atom stereocenters. The van der Waals surface area contributed by atoms with E-state index in [1.165, 1.54) is 4.90 Å². The SMILES string of the molecule is Cc1ccc(CN(C)C(=O)N(CCC(=O)O)C(C)C)o1. The quantitative estimate of drug-likeness (QED) is 0.869. The molecule has 1 rings (SSSR count). The first-order valence-corrected chi connectivity index (χ1v) is 6.60. The number of hydrogen-bond acceptors (Lipinski definition) is 3. The summed E-state index contributed by atoms with van der Waals surface area (Å²) in [5.74, 6) is 0.598. The number of aliphatic carboxylic acids is 1. The molecule has 0 aromatic carbocycles. The van der Waals surface area contributed by atoms with Gasteiger partial charge in [0.25, 0.3) is 0 Å². The lowest BCUT2D eigenvalue weighted by atomic mass is 10.3. The van der Waals surface area contributed by atoms with Crippen LogP contribution in [0.2, 0.25) is 0 Å². The minimum atomic E-state index is -0.909. The minimum absolute atomic E-state index is 0.0531. The third kappa shape index (κ3) is 4.60. The van der Waals surface area contributed by atoms with Crippen molar-refractivity contribution in [3.63, 3.8) is 0 Å². The number of hydrogen-bond donors (Lipinski definition) is 1. The Morgan fingerprint density at radius 2 is 2.00 bits per heavy atom. The highest BCUT2D eigenvalue weighted by Crippen LogP contribution is 2.11. The normalized spacial score (nSPS) is 10.7. The van der Waals surface area contributed by atoms with Gasteiger partial charge in [-0.05, 0) is 32.9 Å². The average Bonchev–Trinajstić information content (AvgIpc) is 2.73. The van der Waals surface area contributed by atoms with Crippen LogP contribution in [0.3, 0.4) is 0 Å². The average molecular weight is 282 g/mol. The van der Waals surface area contributed by atoms with Gasteiger partial charge in [0.2, 0.25) is 0 Å². The van der Waals surface area contributed by atoms with E-state index < -0.39 is 5.97 Å². The highest BCUT2D eigenvalue weighted by atomic mass is 16.4. The standard InChI is InChI=1S/C14H22N2O4/c1-10(2)16(8-7-13(17)18)14(19)15(4)9-12-6-5-11(3)20-12/h5-6,10H,7-9H2,1-4H3,(H,17,18). The lowest BCUT2D eigenvalue weighted by molar-refractivity contribution is -0.137.